The number of carbonyl (C=O) groups is 1. The third-order valence-corrected chi connectivity index (χ3v) is 4.79. The molecule has 1 aromatic rings. The number of benzene rings is 1. The van der Waals surface area contributed by atoms with Gasteiger partial charge in [0.1, 0.15) is 0 Å². The monoisotopic (exact) mass is 301 g/mol. The molecule has 0 spiro atoms. The van der Waals surface area contributed by atoms with E-state index in [1.807, 2.05) is 12.1 Å². The van der Waals surface area contributed by atoms with Crippen LogP contribution in [0.4, 0.5) is 5.69 Å². The second kappa shape index (κ2) is 8.97. The van der Waals surface area contributed by atoms with Crippen molar-refractivity contribution in [3.8, 4) is 0 Å². The molecule has 1 amide bonds. The van der Waals surface area contributed by atoms with Gasteiger partial charge in [-0.15, -0.1) is 0 Å². The van der Waals surface area contributed by atoms with E-state index in [-0.39, 0.29) is 11.8 Å². The van der Waals surface area contributed by atoms with Crippen molar-refractivity contribution in [1.29, 1.82) is 0 Å². The average molecular weight is 301 g/mol. The normalized spacial score (nSPS) is 19.9. The Bertz CT molecular complexity index is 469. The van der Waals surface area contributed by atoms with E-state index in [0.29, 0.717) is 5.92 Å². The van der Waals surface area contributed by atoms with E-state index in [1.54, 1.807) is 0 Å². The van der Waals surface area contributed by atoms with Gasteiger partial charge < -0.3 is 5.32 Å². The van der Waals surface area contributed by atoms with Crippen LogP contribution >= 0.6 is 0 Å². The SMILES string of the molecule is CCCCCCCC[C@H]1C[C@H]1C(=O)Nc1cccc(CC)c1. The summed E-state index contributed by atoms with van der Waals surface area (Å²) in [6.07, 6.45) is 11.4. The average Bonchev–Trinajstić information content (AvgIpc) is 3.30. The van der Waals surface area contributed by atoms with Crippen molar-refractivity contribution in [1.82, 2.24) is 0 Å². The van der Waals surface area contributed by atoms with Crippen LogP contribution in [0.1, 0.15) is 70.8 Å². The lowest BCUT2D eigenvalue weighted by Gasteiger charge is -2.06. The number of carbonyl (C=O) groups excluding carboxylic acids is 1. The number of anilines is 1. The number of unbranched alkanes of at least 4 members (excludes halogenated alkanes) is 5. The summed E-state index contributed by atoms with van der Waals surface area (Å²) >= 11 is 0. The van der Waals surface area contributed by atoms with E-state index in [4.69, 9.17) is 0 Å². The maximum absolute atomic E-state index is 12.2. The van der Waals surface area contributed by atoms with Crippen LogP contribution in [0, 0.1) is 11.8 Å². The maximum Gasteiger partial charge on any atom is 0.227 e. The first-order valence-electron chi connectivity index (χ1n) is 9.14. The van der Waals surface area contributed by atoms with Crippen LogP contribution in [-0.4, -0.2) is 5.91 Å². The smallest absolute Gasteiger partial charge is 0.227 e. The van der Waals surface area contributed by atoms with Gasteiger partial charge >= 0.3 is 0 Å². The third-order valence-electron chi connectivity index (χ3n) is 4.79. The molecule has 22 heavy (non-hydrogen) atoms. The molecule has 0 unspecified atom stereocenters. The summed E-state index contributed by atoms with van der Waals surface area (Å²) in [5, 5.41) is 3.09. The molecule has 0 saturated heterocycles. The van der Waals surface area contributed by atoms with Crippen molar-refractivity contribution >= 4 is 11.6 Å². The fraction of sp³-hybridized carbons (Fsp3) is 0.650. The second-order valence-corrected chi connectivity index (χ2v) is 6.70. The lowest BCUT2D eigenvalue weighted by Crippen LogP contribution is -2.14. The predicted octanol–water partition coefficient (Wildman–Crippen LogP) is 5.57. The molecular formula is C20H31NO. The molecular weight excluding hydrogens is 270 g/mol. The molecule has 0 bridgehead atoms. The number of hydrogen-bond donors (Lipinski definition) is 1. The summed E-state index contributed by atoms with van der Waals surface area (Å²) in [5.41, 5.74) is 2.23. The first-order chi connectivity index (χ1) is 10.7. The highest BCUT2D eigenvalue weighted by Gasteiger charge is 2.42. The minimum absolute atomic E-state index is 0.226. The van der Waals surface area contributed by atoms with Gasteiger partial charge in [0.05, 0.1) is 0 Å². The van der Waals surface area contributed by atoms with Gasteiger partial charge in [-0.25, -0.2) is 0 Å². The standard InChI is InChI=1S/C20H31NO/c1-3-5-6-7-8-9-12-17-15-19(17)20(22)21-18-13-10-11-16(4-2)14-18/h10-11,13-14,17,19H,3-9,12,15H2,1-2H3,(H,21,22)/t17-,19+/m0/s1. The molecule has 122 valence electrons. The molecule has 1 saturated carbocycles. The number of hydrogen-bond acceptors (Lipinski definition) is 1. The van der Waals surface area contributed by atoms with Crippen LogP contribution in [0.2, 0.25) is 0 Å². The summed E-state index contributed by atoms with van der Waals surface area (Å²) in [4.78, 5) is 12.2. The zero-order valence-electron chi connectivity index (χ0n) is 14.2. The Balaban J connectivity index is 1.63. The Labute approximate surface area is 135 Å². The topological polar surface area (TPSA) is 29.1 Å². The van der Waals surface area contributed by atoms with Gasteiger partial charge in [0.2, 0.25) is 5.91 Å². The van der Waals surface area contributed by atoms with Crippen molar-refractivity contribution < 1.29 is 4.79 Å². The van der Waals surface area contributed by atoms with Crippen molar-refractivity contribution in [2.45, 2.75) is 71.6 Å². The summed E-state index contributed by atoms with van der Waals surface area (Å²) < 4.78 is 0. The predicted molar refractivity (Wildman–Crippen MR) is 94.0 cm³/mol. The first-order valence-corrected chi connectivity index (χ1v) is 9.14. The molecule has 1 aliphatic rings. The van der Waals surface area contributed by atoms with Crippen LogP contribution in [0.5, 0.6) is 0 Å². The minimum Gasteiger partial charge on any atom is -0.326 e. The van der Waals surface area contributed by atoms with Gasteiger partial charge in [0.15, 0.2) is 0 Å². The highest BCUT2D eigenvalue weighted by molar-refractivity contribution is 5.94. The fourth-order valence-corrected chi connectivity index (χ4v) is 3.18. The minimum atomic E-state index is 0.226. The molecule has 2 rings (SSSR count). The van der Waals surface area contributed by atoms with E-state index in [0.717, 1.165) is 18.5 Å². The Morgan fingerprint density at radius 3 is 2.68 bits per heavy atom. The molecule has 1 aliphatic carbocycles. The highest BCUT2D eigenvalue weighted by atomic mass is 16.2. The van der Waals surface area contributed by atoms with E-state index in [9.17, 15) is 4.79 Å². The van der Waals surface area contributed by atoms with Gasteiger partial charge in [-0.1, -0.05) is 64.5 Å². The third kappa shape index (κ3) is 5.47. The first kappa shape index (κ1) is 17.1. The van der Waals surface area contributed by atoms with Crippen LogP contribution < -0.4 is 5.32 Å². The number of rotatable bonds is 10. The molecule has 0 radical (unpaired) electrons. The molecule has 0 aliphatic heterocycles. The summed E-state index contributed by atoms with van der Waals surface area (Å²) in [7, 11) is 0. The van der Waals surface area contributed by atoms with Gasteiger partial charge in [-0.2, -0.15) is 0 Å². The van der Waals surface area contributed by atoms with Crippen molar-refractivity contribution in [3.63, 3.8) is 0 Å². The quantitative estimate of drug-likeness (QED) is 0.562. The lowest BCUT2D eigenvalue weighted by molar-refractivity contribution is -0.117. The Morgan fingerprint density at radius 2 is 1.91 bits per heavy atom. The summed E-state index contributed by atoms with van der Waals surface area (Å²) in [6, 6.07) is 8.20. The van der Waals surface area contributed by atoms with Gasteiger partial charge in [-0.3, -0.25) is 4.79 Å². The Kier molecular flexibility index (Phi) is 6.95. The maximum atomic E-state index is 12.2. The number of nitrogens with one attached hydrogen (secondary N) is 1. The second-order valence-electron chi connectivity index (χ2n) is 6.70. The molecule has 0 heterocycles. The van der Waals surface area contributed by atoms with Gasteiger partial charge in [-0.05, 0) is 42.9 Å². The van der Waals surface area contributed by atoms with Crippen LogP contribution in [0.15, 0.2) is 24.3 Å². The lowest BCUT2D eigenvalue weighted by atomic mass is 10.1. The molecule has 2 heteroatoms. The van der Waals surface area contributed by atoms with E-state index in [1.165, 1.54) is 50.5 Å². The molecule has 2 nitrogen and oxygen atoms in total. The molecule has 0 aromatic heterocycles. The van der Waals surface area contributed by atoms with E-state index >= 15 is 0 Å². The Morgan fingerprint density at radius 1 is 1.14 bits per heavy atom. The largest absolute Gasteiger partial charge is 0.326 e. The summed E-state index contributed by atoms with van der Waals surface area (Å²) in [6.45, 7) is 4.39. The highest BCUT2D eigenvalue weighted by Crippen LogP contribution is 2.43. The number of amides is 1. The van der Waals surface area contributed by atoms with Crippen molar-refractivity contribution in [3.05, 3.63) is 29.8 Å². The fourth-order valence-electron chi connectivity index (χ4n) is 3.18. The van der Waals surface area contributed by atoms with Crippen LogP contribution in [0.3, 0.4) is 0 Å². The molecule has 1 N–H and O–H groups in total. The van der Waals surface area contributed by atoms with Crippen molar-refractivity contribution in [2.24, 2.45) is 11.8 Å². The van der Waals surface area contributed by atoms with E-state index in [2.05, 4.69) is 31.3 Å². The number of aryl methyl sites for hydroxylation is 1. The van der Waals surface area contributed by atoms with Gasteiger partial charge in [0.25, 0.3) is 0 Å². The van der Waals surface area contributed by atoms with E-state index < -0.39 is 0 Å². The van der Waals surface area contributed by atoms with Crippen LogP contribution in [-0.2, 0) is 11.2 Å². The zero-order valence-corrected chi connectivity index (χ0v) is 14.2. The molecule has 1 fully saturated rings. The molecule has 2 atom stereocenters. The Hall–Kier alpha value is -1.31. The molecule has 1 aromatic carbocycles. The zero-order chi connectivity index (χ0) is 15.8. The van der Waals surface area contributed by atoms with Gasteiger partial charge in [0, 0.05) is 11.6 Å². The van der Waals surface area contributed by atoms with Crippen molar-refractivity contribution in [2.75, 3.05) is 5.32 Å². The summed E-state index contributed by atoms with van der Waals surface area (Å²) in [5.74, 6) is 1.13. The van der Waals surface area contributed by atoms with Crippen LogP contribution in [0.25, 0.3) is 0 Å².